The number of nitrogens with one attached hydrogen (secondary N) is 2. The third-order valence-corrected chi connectivity index (χ3v) is 1.78. The van der Waals surface area contributed by atoms with E-state index in [0.29, 0.717) is 6.04 Å². The number of nitrogens with zero attached hydrogens (tertiary/aromatic N) is 1. The highest BCUT2D eigenvalue weighted by molar-refractivity contribution is 4.94. The van der Waals surface area contributed by atoms with Gasteiger partial charge < -0.3 is 10.3 Å². The van der Waals surface area contributed by atoms with Crippen LogP contribution in [0.5, 0.6) is 0 Å². The van der Waals surface area contributed by atoms with Crippen LogP contribution in [0.4, 0.5) is 0 Å². The maximum Gasteiger partial charge on any atom is 0.123 e. The van der Waals surface area contributed by atoms with Crippen molar-refractivity contribution in [2.75, 3.05) is 7.05 Å². The second-order valence-corrected chi connectivity index (χ2v) is 2.60. The van der Waals surface area contributed by atoms with Gasteiger partial charge in [-0.15, -0.1) is 0 Å². The summed E-state index contributed by atoms with van der Waals surface area (Å²) in [5, 5.41) is 3.21. The first-order chi connectivity index (χ1) is 5.38. The number of hydrogen-bond donors (Lipinski definition) is 2. The third kappa shape index (κ3) is 2.05. The van der Waals surface area contributed by atoms with Crippen molar-refractivity contribution in [3.8, 4) is 0 Å². The first kappa shape index (κ1) is 8.27. The molecule has 0 aliphatic rings. The zero-order valence-corrected chi connectivity index (χ0v) is 7.09. The SMILES string of the molecule is CCCC(NC)c1ncc[nH]1. The fourth-order valence-corrected chi connectivity index (χ4v) is 1.17. The van der Waals surface area contributed by atoms with E-state index < -0.39 is 0 Å². The number of aromatic amines is 1. The summed E-state index contributed by atoms with van der Waals surface area (Å²) in [6, 6.07) is 0.384. The van der Waals surface area contributed by atoms with Gasteiger partial charge in [-0.3, -0.25) is 0 Å². The maximum atomic E-state index is 4.19. The molecule has 0 aliphatic heterocycles. The highest BCUT2D eigenvalue weighted by atomic mass is 15.0. The molecule has 0 saturated carbocycles. The van der Waals surface area contributed by atoms with Crippen LogP contribution in [0.1, 0.15) is 31.6 Å². The standard InChI is InChI=1S/C8H15N3/c1-3-4-7(9-2)8-10-5-6-11-8/h5-7,9H,3-4H2,1-2H3,(H,10,11). The second-order valence-electron chi connectivity index (χ2n) is 2.60. The molecule has 0 spiro atoms. The number of H-pyrrole nitrogens is 1. The summed E-state index contributed by atoms with van der Waals surface area (Å²) in [7, 11) is 1.96. The minimum Gasteiger partial charge on any atom is -0.347 e. The van der Waals surface area contributed by atoms with Crippen molar-refractivity contribution < 1.29 is 0 Å². The van der Waals surface area contributed by atoms with Gasteiger partial charge >= 0.3 is 0 Å². The zero-order chi connectivity index (χ0) is 8.10. The normalized spacial score (nSPS) is 13.3. The molecule has 1 aromatic rings. The molecule has 0 amide bonds. The number of hydrogen-bond acceptors (Lipinski definition) is 2. The molecule has 3 heteroatoms. The van der Waals surface area contributed by atoms with Crippen LogP contribution in [-0.2, 0) is 0 Å². The van der Waals surface area contributed by atoms with Crippen LogP contribution in [-0.4, -0.2) is 17.0 Å². The Hall–Kier alpha value is -0.830. The van der Waals surface area contributed by atoms with Gasteiger partial charge in [0.1, 0.15) is 5.82 Å². The summed E-state index contributed by atoms with van der Waals surface area (Å²) >= 11 is 0. The molecule has 1 aromatic heterocycles. The maximum absolute atomic E-state index is 4.19. The minimum absolute atomic E-state index is 0.384. The molecule has 2 N–H and O–H groups in total. The quantitative estimate of drug-likeness (QED) is 0.687. The Kier molecular flexibility index (Phi) is 3.11. The lowest BCUT2D eigenvalue weighted by molar-refractivity contribution is 0.518. The van der Waals surface area contributed by atoms with Gasteiger partial charge in [-0.25, -0.2) is 4.98 Å². The molecule has 1 heterocycles. The van der Waals surface area contributed by atoms with E-state index >= 15 is 0 Å². The van der Waals surface area contributed by atoms with E-state index in [1.165, 1.54) is 6.42 Å². The topological polar surface area (TPSA) is 40.7 Å². The summed E-state index contributed by atoms with van der Waals surface area (Å²) in [5.41, 5.74) is 0. The predicted molar refractivity (Wildman–Crippen MR) is 45.3 cm³/mol. The van der Waals surface area contributed by atoms with Crippen molar-refractivity contribution in [2.24, 2.45) is 0 Å². The molecular weight excluding hydrogens is 138 g/mol. The van der Waals surface area contributed by atoms with Crippen molar-refractivity contribution in [2.45, 2.75) is 25.8 Å². The Morgan fingerprint density at radius 2 is 2.55 bits per heavy atom. The molecule has 3 nitrogen and oxygen atoms in total. The fraction of sp³-hybridized carbons (Fsp3) is 0.625. The van der Waals surface area contributed by atoms with Crippen LogP contribution in [0.3, 0.4) is 0 Å². The lowest BCUT2D eigenvalue weighted by Crippen LogP contribution is -2.17. The van der Waals surface area contributed by atoms with Gasteiger partial charge in [-0.1, -0.05) is 13.3 Å². The fourth-order valence-electron chi connectivity index (χ4n) is 1.17. The Morgan fingerprint density at radius 3 is 3.00 bits per heavy atom. The van der Waals surface area contributed by atoms with Crippen LogP contribution in [0.2, 0.25) is 0 Å². The molecular formula is C8H15N3. The van der Waals surface area contributed by atoms with E-state index in [1.807, 2.05) is 13.2 Å². The summed E-state index contributed by atoms with van der Waals surface area (Å²) in [5.74, 6) is 1.04. The molecule has 1 unspecified atom stereocenters. The summed E-state index contributed by atoms with van der Waals surface area (Å²) in [6.07, 6.45) is 5.95. The molecule has 0 fully saturated rings. The predicted octanol–water partition coefficient (Wildman–Crippen LogP) is 1.47. The Labute approximate surface area is 67.2 Å². The van der Waals surface area contributed by atoms with Gasteiger partial charge in [-0.05, 0) is 13.5 Å². The molecule has 11 heavy (non-hydrogen) atoms. The highest BCUT2D eigenvalue weighted by Crippen LogP contribution is 2.12. The molecule has 0 aliphatic carbocycles. The van der Waals surface area contributed by atoms with Crippen molar-refractivity contribution in [1.82, 2.24) is 15.3 Å². The highest BCUT2D eigenvalue weighted by Gasteiger charge is 2.08. The minimum atomic E-state index is 0.384. The van der Waals surface area contributed by atoms with E-state index in [9.17, 15) is 0 Å². The van der Waals surface area contributed by atoms with Gasteiger partial charge in [0.25, 0.3) is 0 Å². The number of aromatic nitrogens is 2. The number of rotatable bonds is 4. The van der Waals surface area contributed by atoms with E-state index in [4.69, 9.17) is 0 Å². The Balaban J connectivity index is 2.56. The van der Waals surface area contributed by atoms with Gasteiger partial charge in [0, 0.05) is 12.4 Å². The van der Waals surface area contributed by atoms with Gasteiger partial charge in [0.05, 0.1) is 6.04 Å². The number of imidazole rings is 1. The van der Waals surface area contributed by atoms with Crippen LogP contribution in [0.25, 0.3) is 0 Å². The Morgan fingerprint density at radius 1 is 1.73 bits per heavy atom. The molecule has 0 radical (unpaired) electrons. The second kappa shape index (κ2) is 4.13. The first-order valence-electron chi connectivity index (χ1n) is 4.05. The van der Waals surface area contributed by atoms with Crippen LogP contribution in [0.15, 0.2) is 12.4 Å². The molecule has 0 bridgehead atoms. The Bertz CT molecular complexity index is 181. The molecule has 0 aromatic carbocycles. The average Bonchev–Trinajstić information content (AvgIpc) is 2.52. The van der Waals surface area contributed by atoms with E-state index in [-0.39, 0.29) is 0 Å². The van der Waals surface area contributed by atoms with Gasteiger partial charge in [0.15, 0.2) is 0 Å². The van der Waals surface area contributed by atoms with Crippen molar-refractivity contribution in [3.05, 3.63) is 18.2 Å². The lowest BCUT2D eigenvalue weighted by atomic mass is 10.1. The van der Waals surface area contributed by atoms with E-state index in [0.717, 1.165) is 12.2 Å². The van der Waals surface area contributed by atoms with Crippen molar-refractivity contribution in [1.29, 1.82) is 0 Å². The summed E-state index contributed by atoms with van der Waals surface area (Å²) in [6.45, 7) is 2.17. The zero-order valence-electron chi connectivity index (χ0n) is 7.09. The first-order valence-corrected chi connectivity index (χ1v) is 4.05. The summed E-state index contributed by atoms with van der Waals surface area (Å²) in [4.78, 5) is 7.29. The largest absolute Gasteiger partial charge is 0.347 e. The summed E-state index contributed by atoms with van der Waals surface area (Å²) < 4.78 is 0. The van der Waals surface area contributed by atoms with E-state index in [1.54, 1.807) is 6.20 Å². The van der Waals surface area contributed by atoms with Gasteiger partial charge in [0.2, 0.25) is 0 Å². The molecule has 62 valence electrons. The molecule has 1 rings (SSSR count). The van der Waals surface area contributed by atoms with Crippen molar-refractivity contribution in [3.63, 3.8) is 0 Å². The molecule has 1 atom stereocenters. The third-order valence-electron chi connectivity index (χ3n) is 1.78. The van der Waals surface area contributed by atoms with Crippen LogP contribution in [0, 0.1) is 0 Å². The molecule has 0 saturated heterocycles. The van der Waals surface area contributed by atoms with E-state index in [2.05, 4.69) is 22.2 Å². The van der Waals surface area contributed by atoms with Crippen LogP contribution < -0.4 is 5.32 Å². The van der Waals surface area contributed by atoms with Crippen LogP contribution >= 0.6 is 0 Å². The lowest BCUT2D eigenvalue weighted by Gasteiger charge is -2.11. The monoisotopic (exact) mass is 153 g/mol. The average molecular weight is 153 g/mol. The van der Waals surface area contributed by atoms with Crippen molar-refractivity contribution >= 4 is 0 Å². The van der Waals surface area contributed by atoms with Gasteiger partial charge in [-0.2, -0.15) is 0 Å². The smallest absolute Gasteiger partial charge is 0.123 e.